The van der Waals surface area contributed by atoms with Crippen LogP contribution in [0.4, 0.5) is 18.9 Å². The lowest BCUT2D eigenvalue weighted by atomic mass is 10.1. The number of likely N-dealkylation sites (tertiary alicyclic amines) is 1. The van der Waals surface area contributed by atoms with E-state index in [4.69, 9.17) is 24.7 Å². The van der Waals surface area contributed by atoms with E-state index in [9.17, 15) is 13.2 Å². The molecule has 2 aliphatic heterocycles. The summed E-state index contributed by atoms with van der Waals surface area (Å²) in [6.45, 7) is 6.46. The molecule has 1 N–H and O–H groups in total. The number of aromatic nitrogens is 4. The second-order valence-corrected chi connectivity index (χ2v) is 8.69. The summed E-state index contributed by atoms with van der Waals surface area (Å²) >= 11 is 1.72. The lowest BCUT2D eigenvalue weighted by Crippen LogP contribution is -2.36. The van der Waals surface area contributed by atoms with Crippen LogP contribution in [0, 0.1) is 0 Å². The topological polar surface area (TPSA) is 96.1 Å². The van der Waals surface area contributed by atoms with Crippen molar-refractivity contribution < 1.29 is 27.8 Å². The molecule has 33 heavy (non-hydrogen) atoms. The molecule has 3 aromatic rings. The van der Waals surface area contributed by atoms with Gasteiger partial charge in [0.15, 0.2) is 11.5 Å². The number of hydrogen-bond donors (Lipinski definition) is 1. The summed E-state index contributed by atoms with van der Waals surface area (Å²) in [5.41, 5.74) is 2.12. The van der Waals surface area contributed by atoms with Crippen LogP contribution < -0.4 is 4.90 Å². The summed E-state index contributed by atoms with van der Waals surface area (Å²) < 4.78 is 39.1. The molecular weight excluding hydrogens is 461 g/mol. The first kappa shape index (κ1) is 23.4. The van der Waals surface area contributed by atoms with E-state index < -0.39 is 12.1 Å². The number of carboxylic acid groups (broad SMARTS) is 1. The van der Waals surface area contributed by atoms with Gasteiger partial charge in [0.05, 0.1) is 31.6 Å². The van der Waals surface area contributed by atoms with Crippen LogP contribution in [0.5, 0.6) is 0 Å². The average Bonchev–Trinajstić information content (AvgIpc) is 3.55. The molecule has 178 valence electrons. The molecule has 5 heterocycles. The van der Waals surface area contributed by atoms with Gasteiger partial charge in [0.25, 0.3) is 0 Å². The minimum atomic E-state index is -5.08. The van der Waals surface area contributed by atoms with E-state index in [0.717, 1.165) is 63.8 Å². The molecular formula is C20H23F3N6O3S. The van der Waals surface area contributed by atoms with Crippen LogP contribution in [0.2, 0.25) is 0 Å². The molecule has 9 nitrogen and oxygen atoms in total. The quantitative estimate of drug-likeness (QED) is 0.604. The zero-order chi connectivity index (χ0) is 23.4. The van der Waals surface area contributed by atoms with Crippen molar-refractivity contribution in [3.63, 3.8) is 0 Å². The smallest absolute Gasteiger partial charge is 0.475 e. The molecule has 3 aromatic heterocycles. The maximum absolute atomic E-state index is 10.6. The molecule has 2 aliphatic rings. The number of ether oxygens (including phenoxy) is 1. The molecule has 0 spiro atoms. The molecule has 13 heteroatoms. The van der Waals surface area contributed by atoms with Gasteiger partial charge in [0.1, 0.15) is 5.01 Å². The van der Waals surface area contributed by atoms with Crippen LogP contribution in [0.15, 0.2) is 29.9 Å². The van der Waals surface area contributed by atoms with Gasteiger partial charge in [-0.05, 0) is 25.1 Å². The fraction of sp³-hybridized carbons (Fsp3) is 0.500. The van der Waals surface area contributed by atoms with Crippen molar-refractivity contribution in [3.05, 3.63) is 40.7 Å². The third kappa shape index (κ3) is 5.97. The van der Waals surface area contributed by atoms with Gasteiger partial charge in [-0.1, -0.05) is 0 Å². The Balaban J connectivity index is 0.000000325. The molecule has 2 fully saturated rings. The van der Waals surface area contributed by atoms with Crippen molar-refractivity contribution in [2.24, 2.45) is 0 Å². The molecule has 0 amide bonds. The average molecular weight is 485 g/mol. The number of aliphatic carboxylic acids is 1. The molecule has 0 saturated carbocycles. The van der Waals surface area contributed by atoms with Crippen LogP contribution >= 0.6 is 11.3 Å². The van der Waals surface area contributed by atoms with Crippen LogP contribution in [-0.2, 0) is 16.1 Å². The molecule has 2 saturated heterocycles. The maximum Gasteiger partial charge on any atom is 0.490 e. The van der Waals surface area contributed by atoms with Gasteiger partial charge in [-0.2, -0.15) is 18.3 Å². The van der Waals surface area contributed by atoms with Crippen molar-refractivity contribution in [1.82, 2.24) is 24.5 Å². The van der Waals surface area contributed by atoms with Crippen LogP contribution in [0.1, 0.15) is 23.2 Å². The normalized spacial score (nSPS) is 19.5. The second-order valence-electron chi connectivity index (χ2n) is 7.71. The zero-order valence-corrected chi connectivity index (χ0v) is 18.4. The predicted molar refractivity (Wildman–Crippen MR) is 114 cm³/mol. The number of halogens is 3. The summed E-state index contributed by atoms with van der Waals surface area (Å²) in [5.74, 6) is -1.39. The number of alkyl halides is 3. The number of carboxylic acids is 1. The minimum absolute atomic E-state index is 0.404. The summed E-state index contributed by atoms with van der Waals surface area (Å²) in [7, 11) is 0. The Kier molecular flexibility index (Phi) is 7.10. The summed E-state index contributed by atoms with van der Waals surface area (Å²) in [6, 6.07) is 4.21. The number of morpholine rings is 1. The van der Waals surface area contributed by atoms with Crippen LogP contribution in [-0.4, -0.2) is 81.1 Å². The molecule has 1 unspecified atom stereocenters. The van der Waals surface area contributed by atoms with Gasteiger partial charge in [-0.25, -0.2) is 19.3 Å². The Morgan fingerprint density at radius 2 is 2.00 bits per heavy atom. The highest BCUT2D eigenvalue weighted by Gasteiger charge is 2.38. The Morgan fingerprint density at radius 3 is 2.67 bits per heavy atom. The van der Waals surface area contributed by atoms with Gasteiger partial charge >= 0.3 is 12.1 Å². The first-order valence-electron chi connectivity index (χ1n) is 10.4. The van der Waals surface area contributed by atoms with E-state index in [1.807, 2.05) is 16.1 Å². The van der Waals surface area contributed by atoms with E-state index in [0.29, 0.717) is 5.92 Å². The highest BCUT2D eigenvalue weighted by atomic mass is 32.1. The number of fused-ring (bicyclic) bond motifs is 1. The number of thiazole rings is 1. The largest absolute Gasteiger partial charge is 0.490 e. The van der Waals surface area contributed by atoms with Gasteiger partial charge in [-0.15, -0.1) is 11.3 Å². The Labute approximate surface area is 191 Å². The lowest BCUT2D eigenvalue weighted by molar-refractivity contribution is -0.192. The molecule has 0 aromatic carbocycles. The Morgan fingerprint density at radius 1 is 1.24 bits per heavy atom. The van der Waals surface area contributed by atoms with E-state index in [-0.39, 0.29) is 0 Å². The van der Waals surface area contributed by atoms with E-state index >= 15 is 0 Å². The number of anilines is 1. The molecule has 5 rings (SSSR count). The first-order valence-corrected chi connectivity index (χ1v) is 11.3. The summed E-state index contributed by atoms with van der Waals surface area (Å²) in [6.07, 6.45) is 0.00128. The van der Waals surface area contributed by atoms with Crippen LogP contribution in [0.3, 0.4) is 0 Å². The van der Waals surface area contributed by atoms with Crippen molar-refractivity contribution in [2.45, 2.75) is 25.1 Å². The number of pyridine rings is 1. The third-order valence-corrected chi connectivity index (χ3v) is 6.19. The summed E-state index contributed by atoms with van der Waals surface area (Å²) in [5, 5.41) is 15.1. The number of rotatable bonds is 4. The van der Waals surface area contributed by atoms with Crippen molar-refractivity contribution in [1.29, 1.82) is 0 Å². The number of carbonyl (C=O) groups is 1. The standard InChI is InChI=1S/C18H22N6OS.C2HF3O2/c1-2-16-20-18(14-3-5-22(11-14)13-17-19-4-10-26-17)21-24(16)12-15(1)23-6-8-25-9-7-23;3-2(4,5)1(6)7/h1-2,4,10,12,14H,3,5-9,11,13H2;(H,6,7). The highest BCUT2D eigenvalue weighted by Crippen LogP contribution is 2.27. The van der Waals surface area contributed by atoms with E-state index in [1.165, 1.54) is 10.7 Å². The van der Waals surface area contributed by atoms with Crippen LogP contribution in [0.25, 0.3) is 5.65 Å². The number of nitrogens with zero attached hydrogens (tertiary/aromatic N) is 6. The molecule has 0 aliphatic carbocycles. The predicted octanol–water partition coefficient (Wildman–Crippen LogP) is 2.65. The van der Waals surface area contributed by atoms with Gasteiger partial charge in [-0.3, -0.25) is 4.90 Å². The first-order chi connectivity index (χ1) is 15.8. The monoisotopic (exact) mass is 484 g/mol. The van der Waals surface area contributed by atoms with E-state index in [2.05, 4.69) is 33.1 Å². The highest BCUT2D eigenvalue weighted by molar-refractivity contribution is 7.09. The SMILES string of the molecule is O=C(O)C(F)(F)F.c1csc(CN2CCC(c3nc4ccc(N5CCOCC5)cn4n3)C2)n1. The molecule has 1 atom stereocenters. The van der Waals surface area contributed by atoms with Crippen molar-refractivity contribution in [2.75, 3.05) is 44.3 Å². The minimum Gasteiger partial charge on any atom is -0.475 e. The van der Waals surface area contributed by atoms with Crippen molar-refractivity contribution >= 4 is 28.6 Å². The van der Waals surface area contributed by atoms with Gasteiger partial charge in [0, 0.05) is 37.1 Å². The fourth-order valence-corrected chi connectivity index (χ4v) is 4.44. The van der Waals surface area contributed by atoms with Gasteiger partial charge < -0.3 is 14.7 Å². The summed E-state index contributed by atoms with van der Waals surface area (Å²) in [4.78, 5) is 22.9. The molecule has 0 bridgehead atoms. The zero-order valence-electron chi connectivity index (χ0n) is 17.6. The lowest BCUT2D eigenvalue weighted by Gasteiger charge is -2.28. The molecule has 0 radical (unpaired) electrons. The maximum atomic E-state index is 10.6. The number of hydrogen-bond acceptors (Lipinski definition) is 8. The third-order valence-electron chi connectivity index (χ3n) is 5.43. The van der Waals surface area contributed by atoms with E-state index in [1.54, 1.807) is 11.3 Å². The van der Waals surface area contributed by atoms with Gasteiger partial charge in [0.2, 0.25) is 0 Å². The fourth-order valence-electron chi connectivity index (χ4n) is 3.78. The Hall–Kier alpha value is -2.77. The van der Waals surface area contributed by atoms with Crippen molar-refractivity contribution in [3.8, 4) is 0 Å². The second kappa shape index (κ2) is 10.0. The Bertz CT molecular complexity index is 1070.